The number of benzene rings is 2. The molecule has 1 unspecified atom stereocenters. The summed E-state index contributed by atoms with van der Waals surface area (Å²) in [7, 11) is 0. The minimum absolute atomic E-state index is 0.174. The third kappa shape index (κ3) is 5.17. The standard InChI is InChI=1S/C24H20ClFN4OS/c1-2-18(27)7-6-16-11-22(31-13-15-4-3-5-17(26)10-15)19(25)12-21(16)30-24-23-20(8-9-32-23)28-14-29-24/h3-5,8-12,14,18H,2,13,27H2,1H3,(H,28,29,30). The monoisotopic (exact) mass is 466 g/mol. The van der Waals surface area contributed by atoms with E-state index < -0.39 is 0 Å². The van der Waals surface area contributed by atoms with Crippen LogP contribution in [0, 0.1) is 17.7 Å². The quantitative estimate of drug-likeness (QED) is 0.346. The van der Waals surface area contributed by atoms with Crippen LogP contribution in [0.5, 0.6) is 5.75 Å². The predicted octanol–water partition coefficient (Wildman–Crippen LogP) is 5.90. The van der Waals surface area contributed by atoms with Crippen molar-refractivity contribution in [3.63, 3.8) is 0 Å². The molecule has 0 fully saturated rings. The van der Waals surface area contributed by atoms with Crippen LogP contribution < -0.4 is 15.8 Å². The van der Waals surface area contributed by atoms with E-state index in [1.165, 1.54) is 18.5 Å². The van der Waals surface area contributed by atoms with Gasteiger partial charge in [0.05, 0.1) is 32.5 Å². The van der Waals surface area contributed by atoms with Crippen molar-refractivity contribution in [3.8, 4) is 17.6 Å². The van der Waals surface area contributed by atoms with Gasteiger partial charge >= 0.3 is 0 Å². The van der Waals surface area contributed by atoms with Gasteiger partial charge in [0.1, 0.15) is 24.5 Å². The molecule has 0 aliphatic rings. The molecule has 0 spiro atoms. The summed E-state index contributed by atoms with van der Waals surface area (Å²) in [4.78, 5) is 8.64. The molecule has 1 atom stereocenters. The summed E-state index contributed by atoms with van der Waals surface area (Å²) in [5.74, 6) is 6.96. The number of nitrogens with one attached hydrogen (secondary N) is 1. The Balaban J connectivity index is 1.67. The third-order valence-corrected chi connectivity index (χ3v) is 5.89. The molecule has 4 rings (SSSR count). The van der Waals surface area contributed by atoms with Gasteiger partial charge in [-0.3, -0.25) is 0 Å². The van der Waals surface area contributed by atoms with Gasteiger partial charge in [-0.15, -0.1) is 11.3 Å². The lowest BCUT2D eigenvalue weighted by Crippen LogP contribution is -2.15. The van der Waals surface area contributed by atoms with Crippen molar-refractivity contribution in [1.29, 1.82) is 0 Å². The number of hydrogen-bond acceptors (Lipinski definition) is 6. The smallest absolute Gasteiger partial charge is 0.151 e. The molecule has 2 aromatic heterocycles. The summed E-state index contributed by atoms with van der Waals surface area (Å²) in [6.07, 6.45) is 2.24. The van der Waals surface area contributed by atoms with Crippen molar-refractivity contribution in [2.45, 2.75) is 26.0 Å². The molecule has 0 amide bonds. The molecule has 0 aliphatic carbocycles. The van der Waals surface area contributed by atoms with E-state index in [1.807, 2.05) is 18.4 Å². The van der Waals surface area contributed by atoms with Crippen molar-refractivity contribution >= 4 is 44.7 Å². The highest BCUT2D eigenvalue weighted by molar-refractivity contribution is 7.17. The summed E-state index contributed by atoms with van der Waals surface area (Å²) in [6.45, 7) is 2.15. The van der Waals surface area contributed by atoms with Crippen LogP contribution in [0.25, 0.3) is 10.2 Å². The van der Waals surface area contributed by atoms with E-state index in [-0.39, 0.29) is 18.5 Å². The van der Waals surface area contributed by atoms with Crippen LogP contribution in [0.15, 0.2) is 54.2 Å². The molecular weight excluding hydrogens is 447 g/mol. The van der Waals surface area contributed by atoms with Crippen molar-refractivity contribution in [3.05, 3.63) is 76.1 Å². The molecule has 5 nitrogen and oxygen atoms in total. The third-order valence-electron chi connectivity index (χ3n) is 4.68. The summed E-state index contributed by atoms with van der Waals surface area (Å²) in [5, 5.41) is 5.67. The Labute approximate surface area is 194 Å². The molecule has 2 aromatic carbocycles. The molecule has 32 heavy (non-hydrogen) atoms. The maximum Gasteiger partial charge on any atom is 0.151 e. The van der Waals surface area contributed by atoms with Crippen molar-refractivity contribution in [1.82, 2.24) is 9.97 Å². The summed E-state index contributed by atoms with van der Waals surface area (Å²) >= 11 is 8.05. The van der Waals surface area contributed by atoms with E-state index >= 15 is 0 Å². The number of aromatic nitrogens is 2. The zero-order valence-electron chi connectivity index (χ0n) is 17.2. The van der Waals surface area contributed by atoms with E-state index in [4.69, 9.17) is 22.1 Å². The second kappa shape index (κ2) is 9.96. The molecule has 2 heterocycles. The fourth-order valence-corrected chi connectivity index (χ4v) is 3.94. The molecular formula is C24H20ClFN4OS. The van der Waals surface area contributed by atoms with Crippen LogP contribution in [0.1, 0.15) is 24.5 Å². The van der Waals surface area contributed by atoms with Crippen molar-refractivity contribution in [2.24, 2.45) is 5.73 Å². The van der Waals surface area contributed by atoms with Crippen molar-refractivity contribution in [2.75, 3.05) is 5.32 Å². The first-order chi connectivity index (χ1) is 15.5. The van der Waals surface area contributed by atoms with Crippen LogP contribution in [-0.2, 0) is 6.61 Å². The van der Waals surface area contributed by atoms with Crippen LogP contribution in [-0.4, -0.2) is 16.0 Å². The van der Waals surface area contributed by atoms with Gasteiger partial charge in [-0.1, -0.05) is 42.5 Å². The Morgan fingerprint density at radius 2 is 2.12 bits per heavy atom. The Kier molecular flexibility index (Phi) is 6.86. The summed E-state index contributed by atoms with van der Waals surface area (Å²) < 4.78 is 20.3. The minimum atomic E-state index is -0.318. The largest absolute Gasteiger partial charge is 0.487 e. The second-order valence-electron chi connectivity index (χ2n) is 7.01. The van der Waals surface area contributed by atoms with Gasteiger partial charge < -0.3 is 15.8 Å². The summed E-state index contributed by atoms with van der Waals surface area (Å²) in [6, 6.07) is 11.4. The Morgan fingerprint density at radius 3 is 2.94 bits per heavy atom. The van der Waals surface area contributed by atoms with E-state index in [1.54, 1.807) is 35.6 Å². The molecule has 3 N–H and O–H groups in total. The number of halogens is 2. The highest BCUT2D eigenvalue weighted by Gasteiger charge is 2.13. The first kappa shape index (κ1) is 22.0. The van der Waals surface area contributed by atoms with Gasteiger partial charge in [-0.05, 0) is 47.7 Å². The molecule has 8 heteroatoms. The lowest BCUT2D eigenvalue weighted by molar-refractivity contribution is 0.306. The average Bonchev–Trinajstić information content (AvgIpc) is 3.27. The highest BCUT2D eigenvalue weighted by Crippen LogP contribution is 2.35. The number of anilines is 2. The van der Waals surface area contributed by atoms with Gasteiger partial charge in [-0.2, -0.15) is 0 Å². The van der Waals surface area contributed by atoms with Gasteiger partial charge in [0.25, 0.3) is 0 Å². The molecule has 0 saturated heterocycles. The van der Waals surface area contributed by atoms with E-state index in [9.17, 15) is 4.39 Å². The SMILES string of the molecule is CCC(N)C#Cc1cc(OCc2cccc(F)c2)c(Cl)cc1Nc1ncnc2ccsc12. The normalized spacial score (nSPS) is 11.6. The van der Waals surface area contributed by atoms with Gasteiger partial charge in [0, 0.05) is 0 Å². The van der Waals surface area contributed by atoms with E-state index in [0.717, 1.165) is 16.6 Å². The van der Waals surface area contributed by atoms with Crippen molar-refractivity contribution < 1.29 is 9.13 Å². The number of rotatable bonds is 6. The number of nitrogens with zero attached hydrogens (tertiary/aromatic N) is 2. The maximum absolute atomic E-state index is 13.5. The highest BCUT2D eigenvalue weighted by atomic mass is 35.5. The number of thiophene rings is 1. The van der Waals surface area contributed by atoms with Crippen LogP contribution >= 0.6 is 22.9 Å². The first-order valence-electron chi connectivity index (χ1n) is 9.96. The maximum atomic E-state index is 13.5. The molecule has 162 valence electrons. The number of hydrogen-bond donors (Lipinski definition) is 2. The van der Waals surface area contributed by atoms with Crippen LogP contribution in [0.2, 0.25) is 5.02 Å². The Bertz CT molecular complexity index is 1310. The second-order valence-corrected chi connectivity index (χ2v) is 8.34. The topological polar surface area (TPSA) is 73.1 Å². The average molecular weight is 467 g/mol. The predicted molar refractivity (Wildman–Crippen MR) is 128 cm³/mol. The molecule has 0 aliphatic heterocycles. The van der Waals surface area contributed by atoms with E-state index in [0.29, 0.717) is 33.4 Å². The van der Waals surface area contributed by atoms with Gasteiger partial charge in [0.15, 0.2) is 5.82 Å². The first-order valence-corrected chi connectivity index (χ1v) is 11.2. The number of nitrogens with two attached hydrogens (primary N) is 1. The van der Waals surface area contributed by atoms with Gasteiger partial charge in [0.2, 0.25) is 0 Å². The lowest BCUT2D eigenvalue weighted by atomic mass is 10.1. The Morgan fingerprint density at radius 1 is 1.25 bits per heavy atom. The van der Waals surface area contributed by atoms with Crippen LogP contribution in [0.3, 0.4) is 0 Å². The zero-order valence-corrected chi connectivity index (χ0v) is 18.8. The minimum Gasteiger partial charge on any atom is -0.487 e. The fourth-order valence-electron chi connectivity index (χ4n) is 2.94. The molecule has 0 radical (unpaired) electrons. The summed E-state index contributed by atoms with van der Waals surface area (Å²) in [5.41, 5.74) is 8.89. The zero-order chi connectivity index (χ0) is 22.5. The van der Waals surface area contributed by atoms with Gasteiger partial charge in [-0.25, -0.2) is 14.4 Å². The number of fused-ring (bicyclic) bond motifs is 1. The van der Waals surface area contributed by atoms with E-state index in [2.05, 4.69) is 27.1 Å². The van der Waals surface area contributed by atoms with Crippen LogP contribution in [0.4, 0.5) is 15.9 Å². The molecule has 4 aromatic rings. The fraction of sp³-hybridized carbons (Fsp3) is 0.167. The number of ether oxygens (including phenoxy) is 1. The molecule has 0 bridgehead atoms. The Hall–Kier alpha value is -3.18. The molecule has 0 saturated carbocycles. The lowest BCUT2D eigenvalue weighted by Gasteiger charge is -2.14.